The summed E-state index contributed by atoms with van der Waals surface area (Å²) < 4.78 is 5.80. The molecule has 1 aromatic heterocycles. The molecule has 0 aliphatic carbocycles. The predicted molar refractivity (Wildman–Crippen MR) is 114 cm³/mol. The van der Waals surface area contributed by atoms with E-state index in [-0.39, 0.29) is 17.7 Å². The number of thioether (sulfide) groups is 1. The van der Waals surface area contributed by atoms with Gasteiger partial charge in [0.25, 0.3) is 5.91 Å². The molecule has 0 atom stereocenters. The van der Waals surface area contributed by atoms with E-state index < -0.39 is 5.97 Å². The van der Waals surface area contributed by atoms with Gasteiger partial charge in [-0.15, -0.1) is 0 Å². The van der Waals surface area contributed by atoms with E-state index in [1.54, 1.807) is 34.3 Å². The number of piperidine rings is 1. The summed E-state index contributed by atoms with van der Waals surface area (Å²) in [5, 5.41) is 9.02. The number of carboxylic acid groups (broad SMARTS) is 1. The third kappa shape index (κ3) is 5.70. The normalized spacial score (nSPS) is 19.4. The molecule has 0 spiro atoms. The standard InChI is InChI=1S/C20H24N2O5S2/c23-17(21-10-7-14(8-11-21)19(25)26)6-2-1-3-9-22-18(24)16(29-20(22)28)13-15-5-4-12-27-15/h4-5,12-14H,1-3,6-11H2,(H,25,26)/b16-13+. The Balaban J connectivity index is 1.35. The molecule has 7 nitrogen and oxygen atoms in total. The van der Waals surface area contributed by atoms with E-state index >= 15 is 0 Å². The Morgan fingerprint density at radius 2 is 2.03 bits per heavy atom. The highest BCUT2D eigenvalue weighted by Crippen LogP contribution is 2.32. The number of thiocarbonyl (C=S) groups is 1. The summed E-state index contributed by atoms with van der Waals surface area (Å²) in [6, 6.07) is 3.55. The number of unbranched alkanes of at least 4 members (excludes halogenated alkanes) is 2. The van der Waals surface area contributed by atoms with Crippen molar-refractivity contribution < 1.29 is 23.9 Å². The molecule has 1 N–H and O–H groups in total. The van der Waals surface area contributed by atoms with Crippen LogP contribution in [0.2, 0.25) is 0 Å². The van der Waals surface area contributed by atoms with E-state index in [0.29, 0.717) is 53.9 Å². The molecule has 29 heavy (non-hydrogen) atoms. The van der Waals surface area contributed by atoms with Crippen LogP contribution >= 0.6 is 24.0 Å². The van der Waals surface area contributed by atoms with Crippen molar-refractivity contribution in [2.24, 2.45) is 5.92 Å². The highest BCUT2D eigenvalue weighted by atomic mass is 32.2. The number of carbonyl (C=O) groups excluding carboxylic acids is 2. The molecule has 0 saturated carbocycles. The average molecular weight is 437 g/mol. The van der Waals surface area contributed by atoms with Crippen LogP contribution in [0, 0.1) is 5.92 Å². The summed E-state index contributed by atoms with van der Waals surface area (Å²) in [6.45, 7) is 1.58. The van der Waals surface area contributed by atoms with E-state index in [4.69, 9.17) is 21.7 Å². The van der Waals surface area contributed by atoms with Gasteiger partial charge in [0.05, 0.1) is 17.1 Å². The lowest BCUT2D eigenvalue weighted by Gasteiger charge is -2.30. The second-order valence-corrected chi connectivity index (χ2v) is 8.83. The van der Waals surface area contributed by atoms with Gasteiger partial charge in [0, 0.05) is 32.1 Å². The first-order chi connectivity index (χ1) is 14.0. The zero-order valence-corrected chi connectivity index (χ0v) is 17.7. The summed E-state index contributed by atoms with van der Waals surface area (Å²) in [7, 11) is 0. The van der Waals surface area contributed by atoms with E-state index in [9.17, 15) is 14.4 Å². The Morgan fingerprint density at radius 1 is 1.28 bits per heavy atom. The van der Waals surface area contributed by atoms with E-state index in [1.807, 2.05) is 0 Å². The van der Waals surface area contributed by atoms with Gasteiger partial charge < -0.3 is 14.4 Å². The van der Waals surface area contributed by atoms with E-state index in [2.05, 4.69) is 0 Å². The van der Waals surface area contributed by atoms with Crippen LogP contribution in [0.3, 0.4) is 0 Å². The minimum Gasteiger partial charge on any atom is -0.481 e. The van der Waals surface area contributed by atoms with Crippen LogP contribution in [-0.2, 0) is 14.4 Å². The van der Waals surface area contributed by atoms with Crippen LogP contribution in [-0.4, -0.2) is 56.6 Å². The van der Waals surface area contributed by atoms with Crippen LogP contribution in [0.4, 0.5) is 0 Å². The number of carboxylic acids is 1. The maximum Gasteiger partial charge on any atom is 0.306 e. The fourth-order valence-corrected chi connectivity index (χ4v) is 4.74. The van der Waals surface area contributed by atoms with Gasteiger partial charge in [-0.3, -0.25) is 19.3 Å². The summed E-state index contributed by atoms with van der Waals surface area (Å²) in [5.41, 5.74) is 0. The molecule has 156 valence electrons. The lowest BCUT2D eigenvalue weighted by atomic mass is 9.97. The molecule has 0 bridgehead atoms. The highest BCUT2D eigenvalue weighted by Gasteiger charge is 2.31. The van der Waals surface area contributed by atoms with Crippen molar-refractivity contribution in [3.63, 3.8) is 0 Å². The van der Waals surface area contributed by atoms with Gasteiger partial charge in [0.2, 0.25) is 5.91 Å². The SMILES string of the molecule is O=C(O)C1CCN(C(=O)CCCCCN2C(=O)/C(=C\c3ccco3)SC2=S)CC1. The molecule has 9 heteroatoms. The minimum atomic E-state index is -0.771. The van der Waals surface area contributed by atoms with E-state index in [0.717, 1.165) is 19.3 Å². The maximum absolute atomic E-state index is 12.5. The average Bonchev–Trinajstić information content (AvgIpc) is 3.31. The second-order valence-electron chi connectivity index (χ2n) is 7.15. The molecule has 2 aliphatic heterocycles. The lowest BCUT2D eigenvalue weighted by Crippen LogP contribution is -2.40. The van der Waals surface area contributed by atoms with Crippen molar-refractivity contribution in [3.8, 4) is 0 Å². The Morgan fingerprint density at radius 3 is 2.69 bits per heavy atom. The number of rotatable bonds is 8. The first-order valence-electron chi connectivity index (χ1n) is 9.75. The fourth-order valence-electron chi connectivity index (χ4n) is 3.45. The van der Waals surface area contributed by atoms with Crippen molar-refractivity contribution in [1.29, 1.82) is 0 Å². The van der Waals surface area contributed by atoms with Crippen LogP contribution in [0.5, 0.6) is 0 Å². The van der Waals surface area contributed by atoms with Crippen molar-refractivity contribution in [1.82, 2.24) is 9.80 Å². The van der Waals surface area contributed by atoms with Crippen LogP contribution in [0.1, 0.15) is 44.3 Å². The smallest absolute Gasteiger partial charge is 0.306 e. The van der Waals surface area contributed by atoms with E-state index in [1.165, 1.54) is 11.8 Å². The number of likely N-dealkylation sites (tertiary alicyclic amines) is 1. The van der Waals surface area contributed by atoms with Gasteiger partial charge in [-0.05, 0) is 37.8 Å². The van der Waals surface area contributed by atoms with Crippen molar-refractivity contribution in [2.45, 2.75) is 38.5 Å². The molecule has 2 aliphatic rings. The maximum atomic E-state index is 12.5. The molecule has 1 aromatic rings. The monoisotopic (exact) mass is 436 g/mol. The Bertz CT molecular complexity index is 798. The van der Waals surface area contributed by atoms with Gasteiger partial charge in [-0.1, -0.05) is 30.4 Å². The summed E-state index contributed by atoms with van der Waals surface area (Å²) >= 11 is 6.59. The largest absolute Gasteiger partial charge is 0.481 e. The molecule has 0 radical (unpaired) electrons. The van der Waals surface area contributed by atoms with Crippen molar-refractivity contribution in [3.05, 3.63) is 29.1 Å². The molecular formula is C20H24N2O5S2. The summed E-state index contributed by atoms with van der Waals surface area (Å²) in [4.78, 5) is 39.7. The molecule has 2 amide bonds. The number of furan rings is 1. The third-order valence-electron chi connectivity index (χ3n) is 5.16. The minimum absolute atomic E-state index is 0.0841. The van der Waals surface area contributed by atoms with Gasteiger partial charge in [-0.2, -0.15) is 0 Å². The van der Waals surface area contributed by atoms with Gasteiger partial charge in [-0.25, -0.2) is 0 Å². The summed E-state index contributed by atoms with van der Waals surface area (Å²) in [6.07, 6.45) is 7.11. The number of hydrogen-bond donors (Lipinski definition) is 1. The lowest BCUT2D eigenvalue weighted by molar-refractivity contribution is -0.145. The number of aliphatic carboxylic acids is 1. The Labute approximate surface area is 179 Å². The van der Waals surface area contributed by atoms with Crippen LogP contribution < -0.4 is 0 Å². The Hall–Kier alpha value is -2.13. The molecule has 0 aromatic carbocycles. The van der Waals surface area contributed by atoms with Crippen molar-refractivity contribution >= 4 is 52.2 Å². The zero-order valence-electron chi connectivity index (χ0n) is 16.0. The molecular weight excluding hydrogens is 412 g/mol. The van der Waals surface area contributed by atoms with Gasteiger partial charge in [0.15, 0.2) is 0 Å². The van der Waals surface area contributed by atoms with Gasteiger partial charge >= 0.3 is 5.97 Å². The van der Waals surface area contributed by atoms with Crippen LogP contribution in [0.25, 0.3) is 6.08 Å². The first-order valence-corrected chi connectivity index (χ1v) is 11.0. The topological polar surface area (TPSA) is 91.1 Å². The van der Waals surface area contributed by atoms with Crippen LogP contribution in [0.15, 0.2) is 27.7 Å². The third-order valence-corrected chi connectivity index (χ3v) is 6.54. The molecule has 2 fully saturated rings. The second kappa shape index (κ2) is 10.1. The zero-order chi connectivity index (χ0) is 20.8. The molecule has 2 saturated heterocycles. The predicted octanol–water partition coefficient (Wildman–Crippen LogP) is 3.36. The molecule has 3 heterocycles. The molecule has 0 unspecified atom stereocenters. The highest BCUT2D eigenvalue weighted by molar-refractivity contribution is 8.26. The fraction of sp³-hybridized carbons (Fsp3) is 0.500. The number of amides is 2. The first kappa shape index (κ1) is 21.6. The quantitative estimate of drug-likeness (QED) is 0.379. The number of hydrogen-bond acceptors (Lipinski definition) is 6. The number of nitrogens with zero attached hydrogens (tertiary/aromatic N) is 2. The Kier molecular flexibility index (Phi) is 7.49. The summed E-state index contributed by atoms with van der Waals surface area (Å²) in [5.74, 6) is -0.497. The van der Waals surface area contributed by atoms with Gasteiger partial charge in [0.1, 0.15) is 10.1 Å². The number of carbonyl (C=O) groups is 3. The molecule has 3 rings (SSSR count). The van der Waals surface area contributed by atoms with Crippen molar-refractivity contribution in [2.75, 3.05) is 19.6 Å².